The van der Waals surface area contributed by atoms with Crippen molar-refractivity contribution < 1.29 is 51.1 Å². The molecule has 0 aliphatic heterocycles. The first kappa shape index (κ1) is 32.1. The van der Waals surface area contributed by atoms with Gasteiger partial charge in [0.1, 0.15) is 0 Å². The van der Waals surface area contributed by atoms with E-state index in [1.807, 2.05) is 0 Å². The van der Waals surface area contributed by atoms with Crippen LogP contribution in [0, 0.1) is 12.8 Å². The van der Waals surface area contributed by atoms with Gasteiger partial charge in [-0.25, -0.2) is 0 Å². The zero-order valence-electron chi connectivity index (χ0n) is 13.5. The number of hydrogen-bond acceptors (Lipinski definition) is 6. The second kappa shape index (κ2) is 27.4. The molecule has 0 aliphatic carbocycles. The van der Waals surface area contributed by atoms with Crippen molar-refractivity contribution in [1.29, 1.82) is 0 Å². The monoisotopic (exact) mass is 336 g/mol. The van der Waals surface area contributed by atoms with Crippen LogP contribution in [0.15, 0.2) is 0 Å². The Bertz CT molecular complexity index is 225. The Labute approximate surface area is 142 Å². The summed E-state index contributed by atoms with van der Waals surface area (Å²) in [5.74, 6) is -0.750. The minimum atomic E-state index is -0.187. The first-order valence-electron chi connectivity index (χ1n) is 5.96. The van der Waals surface area contributed by atoms with Gasteiger partial charge in [0, 0.05) is 44.9 Å². The molecule has 0 heterocycles. The summed E-state index contributed by atoms with van der Waals surface area (Å²) in [5.41, 5.74) is 0. The van der Waals surface area contributed by atoms with Crippen LogP contribution in [0.5, 0.6) is 0 Å². The summed E-state index contributed by atoms with van der Waals surface area (Å²) in [7, 11) is 0. The van der Waals surface area contributed by atoms with Crippen LogP contribution < -0.4 is 10.2 Å². The van der Waals surface area contributed by atoms with Crippen LogP contribution in [0.3, 0.4) is 0 Å². The van der Waals surface area contributed by atoms with Crippen LogP contribution in [0.4, 0.5) is 0 Å². The fourth-order valence-corrected chi connectivity index (χ4v) is 0.572. The van der Waals surface area contributed by atoms with E-state index in [2.05, 4.69) is 0 Å². The third kappa shape index (κ3) is 111. The van der Waals surface area contributed by atoms with E-state index in [4.69, 9.17) is 10.2 Å². The smallest absolute Gasteiger partial charge is 0.00219 e. The molecule has 0 amide bonds. The van der Waals surface area contributed by atoms with E-state index in [-0.39, 0.29) is 58.1 Å². The van der Waals surface area contributed by atoms with Crippen LogP contribution in [0.1, 0.15) is 41.5 Å². The summed E-state index contributed by atoms with van der Waals surface area (Å²) in [6.07, 6.45) is 2.11. The Balaban J connectivity index is -0.0000000576. The maximum absolute atomic E-state index is 9.98. The van der Waals surface area contributed by atoms with Crippen molar-refractivity contribution in [1.82, 2.24) is 0 Å². The Hall–Kier alpha value is -0.946. The molecule has 0 aromatic carbocycles. The summed E-state index contributed by atoms with van der Waals surface area (Å²) in [4.78, 5) is 39.9. The van der Waals surface area contributed by atoms with Gasteiger partial charge in [-0.1, -0.05) is 13.8 Å². The number of hydrogen-bond donors (Lipinski definition) is 0. The van der Waals surface area contributed by atoms with Crippen LogP contribution >= 0.6 is 0 Å². The third-order valence-corrected chi connectivity index (χ3v) is 0.813. The molecule has 0 saturated heterocycles. The van der Waals surface area contributed by atoms with Gasteiger partial charge in [0.2, 0.25) is 0 Å². The molecule has 0 radical (unpaired) electrons. The molecule has 6 nitrogen and oxygen atoms in total. The average molecular weight is 336 g/mol. The van der Waals surface area contributed by atoms with E-state index in [0.29, 0.717) is 0 Å². The van der Waals surface area contributed by atoms with Gasteiger partial charge in [-0.2, -0.15) is 0 Å². The van der Waals surface area contributed by atoms with Crippen molar-refractivity contribution in [3.05, 3.63) is 12.8 Å². The first-order valence-corrected chi connectivity index (χ1v) is 5.96. The summed E-state index contributed by atoms with van der Waals surface area (Å²) < 4.78 is 0. The molecule has 0 spiro atoms. The normalized spacial score (nSPS) is 6.86. The minimum absolute atomic E-state index is 0. The number of ketones is 4. The molecule has 21 heavy (non-hydrogen) atoms. The number of carbonyl (C=O) groups is 4. The largest absolute Gasteiger partial charge is 0.855 e. The van der Waals surface area contributed by atoms with Crippen LogP contribution in [0.2, 0.25) is 0 Å². The van der Waals surface area contributed by atoms with Crippen molar-refractivity contribution >= 4 is 23.1 Å². The predicted molar refractivity (Wildman–Crippen MR) is 72.4 cm³/mol. The van der Waals surface area contributed by atoms with Crippen molar-refractivity contribution in [3.63, 3.8) is 0 Å². The second-order valence-corrected chi connectivity index (χ2v) is 3.31. The Morgan fingerprint density at radius 1 is 0.667 bits per heavy atom. The van der Waals surface area contributed by atoms with Gasteiger partial charge in [0.15, 0.2) is 0 Å². The quantitative estimate of drug-likeness (QED) is 0.387. The zero-order valence-corrected chi connectivity index (χ0v) is 15.1. The second-order valence-electron chi connectivity index (χ2n) is 3.31. The van der Waals surface area contributed by atoms with Gasteiger partial charge >= 0.3 is 0 Å². The summed E-state index contributed by atoms with van der Waals surface area (Å²) >= 11 is 0. The molecule has 124 valence electrons. The van der Waals surface area contributed by atoms with Gasteiger partial charge in [-0.15, -0.1) is 13.2 Å². The molecular formula is C14H24O6Ti-4. The van der Waals surface area contributed by atoms with E-state index in [9.17, 15) is 19.2 Å². The maximum Gasteiger partial charge on any atom is 0.00219 e. The Morgan fingerprint density at radius 3 is 0.762 bits per heavy atom. The molecule has 7 heteroatoms. The molecule has 0 rings (SSSR count). The average Bonchev–Trinajstić information content (AvgIpc) is 2.15. The fourth-order valence-electron chi connectivity index (χ4n) is 0.572. The maximum atomic E-state index is 9.98. The van der Waals surface area contributed by atoms with Gasteiger partial charge in [0.25, 0.3) is 0 Å². The van der Waals surface area contributed by atoms with Gasteiger partial charge in [-0.3, -0.25) is 12.8 Å². The van der Waals surface area contributed by atoms with E-state index < -0.39 is 0 Å². The Kier molecular flexibility index (Phi) is 41.9. The molecule has 0 bridgehead atoms. The van der Waals surface area contributed by atoms with Crippen LogP contribution in [-0.2, 0) is 40.9 Å². The zero-order chi connectivity index (χ0) is 17.1. The molecule has 0 saturated carbocycles. The molecule has 0 N–H and O–H groups in total. The molecule has 0 aromatic heterocycles. The molecule has 0 unspecified atom stereocenters. The number of Topliss-reactive ketones (excluding diaryl/α,β-unsaturated/α-hetero) is 4. The van der Waals surface area contributed by atoms with E-state index in [1.165, 1.54) is 27.7 Å². The van der Waals surface area contributed by atoms with Crippen LogP contribution in [0.25, 0.3) is 0 Å². The molecule has 0 fully saturated rings. The number of carbonyl (C=O) groups excluding carboxylic acids is 4. The summed E-state index contributed by atoms with van der Waals surface area (Å²) in [5, 5.41) is 17.9. The summed E-state index contributed by atoms with van der Waals surface area (Å²) in [6, 6.07) is 0. The van der Waals surface area contributed by atoms with Crippen molar-refractivity contribution in [2.24, 2.45) is 0 Å². The van der Waals surface area contributed by atoms with Gasteiger partial charge in [0.05, 0.1) is 0 Å². The van der Waals surface area contributed by atoms with Crippen molar-refractivity contribution in [3.8, 4) is 0 Å². The Morgan fingerprint density at radius 2 is 0.762 bits per heavy atom. The SMILES string of the molecule is CC(=O)[CH-]C(C)=O.CC(=O)[CH-]C(C)=O.CC[O-].CC[O-].[Ti]. The van der Waals surface area contributed by atoms with E-state index in [0.717, 1.165) is 12.8 Å². The standard InChI is InChI=1S/2C5H7O2.2C2H5O.Ti/c2*1-4(6)3-5(2)7;2*1-2-3;/h2*3H,1-2H3;2*2H2,1H3;/q4*-1;. The van der Waals surface area contributed by atoms with E-state index >= 15 is 0 Å². The first-order chi connectivity index (χ1) is 9.08. The topological polar surface area (TPSA) is 114 Å². The van der Waals surface area contributed by atoms with E-state index in [1.54, 1.807) is 13.8 Å². The van der Waals surface area contributed by atoms with Gasteiger partial charge < -0.3 is 29.4 Å². The summed E-state index contributed by atoms with van der Waals surface area (Å²) in [6.45, 7) is 8.53. The minimum Gasteiger partial charge on any atom is -0.855 e. The molecule has 0 aromatic rings. The fraction of sp³-hybridized carbons (Fsp3) is 0.571. The third-order valence-electron chi connectivity index (χ3n) is 0.813. The molecule has 0 aliphatic rings. The van der Waals surface area contributed by atoms with Gasteiger partial charge in [-0.05, 0) is 27.7 Å². The predicted octanol–water partition coefficient (Wildman–Crippen LogP) is -0.532. The van der Waals surface area contributed by atoms with Crippen molar-refractivity contribution in [2.75, 3.05) is 13.2 Å². The molecular weight excluding hydrogens is 312 g/mol. The molecule has 0 atom stereocenters. The number of rotatable bonds is 4. The van der Waals surface area contributed by atoms with Crippen molar-refractivity contribution in [2.45, 2.75) is 41.5 Å². The van der Waals surface area contributed by atoms with Crippen LogP contribution in [-0.4, -0.2) is 36.3 Å².